The van der Waals surface area contributed by atoms with E-state index in [1.807, 2.05) is 11.8 Å². The number of hydrogen-bond acceptors (Lipinski definition) is 1. The van der Waals surface area contributed by atoms with Crippen molar-refractivity contribution in [3.63, 3.8) is 0 Å². The first-order valence-electron chi connectivity index (χ1n) is 6.73. The molecule has 1 saturated heterocycles. The molecule has 19 heavy (non-hydrogen) atoms. The number of halogens is 2. The molecule has 0 aliphatic carbocycles. The summed E-state index contributed by atoms with van der Waals surface area (Å²) in [5.41, 5.74) is 1.30. The van der Waals surface area contributed by atoms with Gasteiger partial charge in [0.15, 0.2) is 0 Å². The second-order valence-corrected chi connectivity index (χ2v) is 5.57. The fraction of sp³-hybridized carbons (Fsp3) is 0.533. The molecule has 1 atom stereocenters. The van der Waals surface area contributed by atoms with E-state index < -0.39 is 0 Å². The summed E-state index contributed by atoms with van der Waals surface area (Å²) < 4.78 is 13.3. The molecule has 4 heteroatoms. The van der Waals surface area contributed by atoms with Crippen LogP contribution < -0.4 is 0 Å². The lowest BCUT2D eigenvalue weighted by molar-refractivity contribution is 0.0670. The molecular formula is C15H19ClFNO. The highest BCUT2D eigenvalue weighted by Gasteiger charge is 2.25. The molecule has 0 N–H and O–H groups in total. The summed E-state index contributed by atoms with van der Waals surface area (Å²) in [4.78, 5) is 14.3. The van der Waals surface area contributed by atoms with E-state index in [1.54, 1.807) is 6.07 Å². The van der Waals surface area contributed by atoms with Gasteiger partial charge in [-0.15, -0.1) is 11.6 Å². The van der Waals surface area contributed by atoms with Crippen molar-refractivity contribution in [2.45, 2.75) is 26.2 Å². The van der Waals surface area contributed by atoms with Gasteiger partial charge >= 0.3 is 0 Å². The SMILES string of the molecule is Cc1ccc(F)cc1C(=O)N1CCCC(CCCl)C1. The van der Waals surface area contributed by atoms with Crippen LogP contribution in [0.2, 0.25) is 0 Å². The minimum atomic E-state index is -0.358. The highest BCUT2D eigenvalue weighted by molar-refractivity contribution is 6.17. The van der Waals surface area contributed by atoms with Crippen LogP contribution in [0.1, 0.15) is 35.2 Å². The minimum Gasteiger partial charge on any atom is -0.338 e. The maximum Gasteiger partial charge on any atom is 0.254 e. The molecule has 0 aromatic heterocycles. The van der Waals surface area contributed by atoms with Crippen LogP contribution >= 0.6 is 11.6 Å². The van der Waals surface area contributed by atoms with E-state index in [0.717, 1.165) is 37.9 Å². The van der Waals surface area contributed by atoms with Crippen molar-refractivity contribution in [3.8, 4) is 0 Å². The summed E-state index contributed by atoms with van der Waals surface area (Å²) >= 11 is 5.77. The average molecular weight is 284 g/mol. The Hall–Kier alpha value is -1.09. The Kier molecular flexibility index (Phi) is 4.81. The van der Waals surface area contributed by atoms with Gasteiger partial charge in [0.05, 0.1) is 0 Å². The lowest BCUT2D eigenvalue weighted by atomic mass is 9.94. The number of aryl methyl sites for hydroxylation is 1. The Bertz CT molecular complexity index is 461. The molecule has 0 spiro atoms. The van der Waals surface area contributed by atoms with Crippen LogP contribution in [0.25, 0.3) is 0 Å². The number of hydrogen-bond donors (Lipinski definition) is 0. The summed E-state index contributed by atoms with van der Waals surface area (Å²) in [5, 5.41) is 0. The number of carbonyl (C=O) groups is 1. The number of benzene rings is 1. The van der Waals surface area contributed by atoms with Gasteiger partial charge in [0.2, 0.25) is 0 Å². The van der Waals surface area contributed by atoms with Crippen LogP contribution in [0.5, 0.6) is 0 Å². The van der Waals surface area contributed by atoms with E-state index in [2.05, 4.69) is 0 Å². The van der Waals surface area contributed by atoms with Crippen LogP contribution in [0.4, 0.5) is 4.39 Å². The summed E-state index contributed by atoms with van der Waals surface area (Å²) in [6.07, 6.45) is 3.06. The van der Waals surface area contributed by atoms with Crippen LogP contribution in [0.3, 0.4) is 0 Å². The summed E-state index contributed by atoms with van der Waals surface area (Å²) in [6, 6.07) is 4.38. The van der Waals surface area contributed by atoms with Gasteiger partial charge in [0.1, 0.15) is 5.82 Å². The van der Waals surface area contributed by atoms with Gasteiger partial charge < -0.3 is 4.90 Å². The minimum absolute atomic E-state index is 0.0590. The lowest BCUT2D eigenvalue weighted by Crippen LogP contribution is -2.40. The predicted molar refractivity (Wildman–Crippen MR) is 75.1 cm³/mol. The summed E-state index contributed by atoms with van der Waals surface area (Å²) in [5.74, 6) is 0.690. The second kappa shape index (κ2) is 6.38. The molecule has 0 bridgehead atoms. The van der Waals surface area contributed by atoms with Crippen molar-refractivity contribution >= 4 is 17.5 Å². The highest BCUT2D eigenvalue weighted by Crippen LogP contribution is 2.22. The van der Waals surface area contributed by atoms with Crippen LogP contribution in [0, 0.1) is 18.7 Å². The molecule has 2 rings (SSSR count). The number of carbonyl (C=O) groups excluding carboxylic acids is 1. The van der Waals surface area contributed by atoms with E-state index in [0.29, 0.717) is 17.4 Å². The zero-order valence-electron chi connectivity index (χ0n) is 11.2. The third-order valence-corrected chi connectivity index (χ3v) is 3.97. The molecular weight excluding hydrogens is 265 g/mol. The molecule has 0 saturated carbocycles. The maximum absolute atomic E-state index is 13.3. The van der Waals surface area contributed by atoms with Gasteiger partial charge in [-0.25, -0.2) is 4.39 Å². The number of piperidine rings is 1. The molecule has 1 aromatic rings. The molecule has 2 nitrogen and oxygen atoms in total. The number of likely N-dealkylation sites (tertiary alicyclic amines) is 1. The van der Waals surface area contributed by atoms with Gasteiger partial charge in [-0.05, 0) is 49.8 Å². The van der Waals surface area contributed by atoms with Crippen molar-refractivity contribution in [2.75, 3.05) is 19.0 Å². The van der Waals surface area contributed by atoms with E-state index in [-0.39, 0.29) is 11.7 Å². The summed E-state index contributed by atoms with van der Waals surface area (Å²) in [6.45, 7) is 3.34. The molecule has 1 fully saturated rings. The van der Waals surface area contributed by atoms with E-state index in [9.17, 15) is 9.18 Å². The normalized spacial score (nSPS) is 19.5. The van der Waals surface area contributed by atoms with Crippen LogP contribution in [0.15, 0.2) is 18.2 Å². The zero-order chi connectivity index (χ0) is 13.8. The van der Waals surface area contributed by atoms with Gasteiger partial charge in [0, 0.05) is 24.5 Å². The number of amides is 1. The number of rotatable bonds is 3. The smallest absolute Gasteiger partial charge is 0.254 e. The first-order valence-corrected chi connectivity index (χ1v) is 7.26. The molecule has 1 heterocycles. The Morgan fingerprint density at radius 1 is 1.53 bits per heavy atom. The summed E-state index contributed by atoms with van der Waals surface area (Å²) in [7, 11) is 0. The largest absolute Gasteiger partial charge is 0.338 e. The van der Waals surface area contributed by atoms with Gasteiger partial charge in [-0.3, -0.25) is 4.79 Å². The maximum atomic E-state index is 13.3. The third kappa shape index (κ3) is 3.47. The van der Waals surface area contributed by atoms with Crippen LogP contribution in [-0.4, -0.2) is 29.8 Å². The monoisotopic (exact) mass is 283 g/mol. The Morgan fingerprint density at radius 3 is 3.05 bits per heavy atom. The van der Waals surface area contributed by atoms with Crippen molar-refractivity contribution in [2.24, 2.45) is 5.92 Å². The molecule has 0 radical (unpaired) electrons. The third-order valence-electron chi connectivity index (χ3n) is 3.75. The Morgan fingerprint density at radius 2 is 2.32 bits per heavy atom. The lowest BCUT2D eigenvalue weighted by Gasteiger charge is -2.33. The highest BCUT2D eigenvalue weighted by atomic mass is 35.5. The average Bonchev–Trinajstić information content (AvgIpc) is 2.41. The van der Waals surface area contributed by atoms with Crippen molar-refractivity contribution < 1.29 is 9.18 Å². The fourth-order valence-electron chi connectivity index (χ4n) is 2.63. The van der Waals surface area contributed by atoms with Crippen molar-refractivity contribution in [3.05, 3.63) is 35.1 Å². The zero-order valence-corrected chi connectivity index (χ0v) is 11.9. The van der Waals surface area contributed by atoms with Gasteiger partial charge in [0.25, 0.3) is 5.91 Å². The van der Waals surface area contributed by atoms with Gasteiger partial charge in [-0.1, -0.05) is 6.07 Å². The van der Waals surface area contributed by atoms with E-state index in [4.69, 9.17) is 11.6 Å². The molecule has 1 aliphatic rings. The van der Waals surface area contributed by atoms with Crippen molar-refractivity contribution in [1.29, 1.82) is 0 Å². The first kappa shape index (κ1) is 14.3. The molecule has 1 aromatic carbocycles. The molecule has 1 unspecified atom stereocenters. The fourth-order valence-corrected chi connectivity index (χ4v) is 2.94. The topological polar surface area (TPSA) is 20.3 Å². The van der Waals surface area contributed by atoms with Crippen LogP contribution in [-0.2, 0) is 0 Å². The molecule has 1 aliphatic heterocycles. The predicted octanol–water partition coefficient (Wildman–Crippen LogP) is 3.62. The number of alkyl halides is 1. The second-order valence-electron chi connectivity index (χ2n) is 5.20. The van der Waals surface area contributed by atoms with E-state index in [1.165, 1.54) is 12.1 Å². The quantitative estimate of drug-likeness (QED) is 0.776. The Balaban J connectivity index is 2.12. The molecule has 1 amide bonds. The van der Waals surface area contributed by atoms with E-state index >= 15 is 0 Å². The first-order chi connectivity index (χ1) is 9.11. The molecule has 104 valence electrons. The Labute approximate surface area is 118 Å². The van der Waals surface area contributed by atoms with Crippen molar-refractivity contribution in [1.82, 2.24) is 4.90 Å². The standard InChI is InChI=1S/C15H19ClFNO/c1-11-4-5-13(17)9-14(11)15(19)18-8-2-3-12(10-18)6-7-16/h4-5,9,12H,2-3,6-8,10H2,1H3. The number of nitrogens with zero attached hydrogens (tertiary/aromatic N) is 1. The van der Waals surface area contributed by atoms with Gasteiger partial charge in [-0.2, -0.15) is 0 Å².